The molecular formula is C12H11ClN2O3. The van der Waals surface area contributed by atoms with E-state index in [-0.39, 0.29) is 16.7 Å². The number of benzene rings is 1. The standard InChI is InChI=1S/C12H11ClN2O3/c1-6-11(7(2)18-15-6)12(17)14-8-3-4-10(16)9(13)5-8/h3-5,16H,1-2H3,(H,14,17). The molecule has 6 heteroatoms. The van der Waals surface area contributed by atoms with Gasteiger partial charge in [-0.1, -0.05) is 16.8 Å². The van der Waals surface area contributed by atoms with Crippen LogP contribution in [0.25, 0.3) is 0 Å². The van der Waals surface area contributed by atoms with E-state index in [2.05, 4.69) is 10.5 Å². The molecule has 0 saturated heterocycles. The minimum absolute atomic E-state index is 0.0352. The van der Waals surface area contributed by atoms with E-state index in [1.54, 1.807) is 19.9 Å². The van der Waals surface area contributed by atoms with E-state index in [0.717, 1.165) is 0 Å². The molecule has 94 valence electrons. The summed E-state index contributed by atoms with van der Waals surface area (Å²) in [4.78, 5) is 12.0. The second-order valence-electron chi connectivity index (χ2n) is 3.82. The molecule has 0 atom stereocenters. The Balaban J connectivity index is 2.24. The molecule has 0 bridgehead atoms. The number of phenolic OH excluding ortho intramolecular Hbond substituents is 1. The quantitative estimate of drug-likeness (QED) is 0.820. The molecule has 0 aliphatic heterocycles. The van der Waals surface area contributed by atoms with Crippen LogP contribution in [0.2, 0.25) is 5.02 Å². The summed E-state index contributed by atoms with van der Waals surface area (Å²) >= 11 is 5.75. The molecule has 2 rings (SSSR count). The molecule has 1 heterocycles. The normalized spacial score (nSPS) is 10.4. The van der Waals surface area contributed by atoms with Crippen molar-refractivity contribution in [3.05, 3.63) is 40.2 Å². The SMILES string of the molecule is Cc1noc(C)c1C(=O)Nc1ccc(O)c(Cl)c1. The molecule has 0 unspecified atom stereocenters. The van der Waals surface area contributed by atoms with Gasteiger partial charge in [0, 0.05) is 5.69 Å². The molecule has 2 N–H and O–H groups in total. The lowest BCUT2D eigenvalue weighted by molar-refractivity contribution is 0.102. The molecule has 5 nitrogen and oxygen atoms in total. The first-order valence-corrected chi connectivity index (χ1v) is 5.59. The summed E-state index contributed by atoms with van der Waals surface area (Å²) in [7, 11) is 0. The number of hydrogen-bond acceptors (Lipinski definition) is 4. The number of aryl methyl sites for hydroxylation is 2. The van der Waals surface area contributed by atoms with Gasteiger partial charge in [-0.05, 0) is 32.0 Å². The van der Waals surface area contributed by atoms with Crippen molar-refractivity contribution in [3.63, 3.8) is 0 Å². The van der Waals surface area contributed by atoms with Gasteiger partial charge in [0.05, 0.1) is 10.7 Å². The molecule has 0 radical (unpaired) electrons. The van der Waals surface area contributed by atoms with Crippen LogP contribution >= 0.6 is 11.6 Å². The van der Waals surface area contributed by atoms with Gasteiger partial charge in [0.15, 0.2) is 0 Å². The third-order valence-electron chi connectivity index (χ3n) is 2.47. The molecule has 18 heavy (non-hydrogen) atoms. The highest BCUT2D eigenvalue weighted by molar-refractivity contribution is 6.32. The number of hydrogen-bond donors (Lipinski definition) is 2. The summed E-state index contributed by atoms with van der Waals surface area (Å²) in [6, 6.07) is 4.43. The summed E-state index contributed by atoms with van der Waals surface area (Å²) < 4.78 is 4.92. The van der Waals surface area contributed by atoms with Crippen molar-refractivity contribution in [1.82, 2.24) is 5.16 Å². The maximum absolute atomic E-state index is 12.0. The highest BCUT2D eigenvalue weighted by Gasteiger charge is 2.17. The Morgan fingerprint density at radius 1 is 1.44 bits per heavy atom. The topological polar surface area (TPSA) is 75.4 Å². The maximum Gasteiger partial charge on any atom is 0.261 e. The Morgan fingerprint density at radius 2 is 2.17 bits per heavy atom. The van der Waals surface area contributed by atoms with E-state index in [1.807, 2.05) is 0 Å². The van der Waals surface area contributed by atoms with Gasteiger partial charge in [0.25, 0.3) is 5.91 Å². The minimum Gasteiger partial charge on any atom is -0.506 e. The molecule has 0 aliphatic carbocycles. The molecular weight excluding hydrogens is 256 g/mol. The Bertz CT molecular complexity index is 588. The summed E-state index contributed by atoms with van der Waals surface area (Å²) in [5, 5.41) is 15.8. The highest BCUT2D eigenvalue weighted by Crippen LogP contribution is 2.26. The van der Waals surface area contributed by atoms with Crippen LogP contribution in [0.5, 0.6) is 5.75 Å². The number of anilines is 1. The van der Waals surface area contributed by atoms with Gasteiger partial charge in [-0.2, -0.15) is 0 Å². The smallest absolute Gasteiger partial charge is 0.261 e. The van der Waals surface area contributed by atoms with Crippen LogP contribution in [0.15, 0.2) is 22.7 Å². The number of rotatable bonds is 2. The van der Waals surface area contributed by atoms with Gasteiger partial charge in [0.2, 0.25) is 0 Å². The lowest BCUT2D eigenvalue weighted by Crippen LogP contribution is -2.13. The van der Waals surface area contributed by atoms with E-state index in [0.29, 0.717) is 22.7 Å². The molecule has 0 aliphatic rings. The number of carbonyl (C=O) groups is 1. The van der Waals surface area contributed by atoms with Crippen LogP contribution in [0, 0.1) is 13.8 Å². The zero-order valence-corrected chi connectivity index (χ0v) is 10.6. The summed E-state index contributed by atoms with van der Waals surface area (Å²) in [5.41, 5.74) is 1.41. The number of halogens is 1. The number of nitrogens with one attached hydrogen (secondary N) is 1. The molecule has 0 saturated carbocycles. The monoisotopic (exact) mass is 266 g/mol. The largest absolute Gasteiger partial charge is 0.506 e. The van der Waals surface area contributed by atoms with Crippen molar-refractivity contribution in [3.8, 4) is 5.75 Å². The predicted molar refractivity (Wildman–Crippen MR) is 67.0 cm³/mol. The Kier molecular flexibility index (Phi) is 3.25. The van der Waals surface area contributed by atoms with Gasteiger partial charge in [-0.3, -0.25) is 4.79 Å². The molecule has 2 aromatic rings. The predicted octanol–water partition coefficient (Wildman–Crippen LogP) is 2.90. The average molecular weight is 267 g/mol. The molecule has 0 fully saturated rings. The Labute approximate surface area is 108 Å². The fourth-order valence-electron chi connectivity index (χ4n) is 1.59. The van der Waals surface area contributed by atoms with Gasteiger partial charge < -0.3 is 14.9 Å². The van der Waals surface area contributed by atoms with E-state index in [4.69, 9.17) is 16.1 Å². The number of aromatic nitrogens is 1. The second kappa shape index (κ2) is 4.70. The second-order valence-corrected chi connectivity index (χ2v) is 4.23. The van der Waals surface area contributed by atoms with Crippen LogP contribution < -0.4 is 5.32 Å². The van der Waals surface area contributed by atoms with Gasteiger partial charge in [-0.25, -0.2) is 0 Å². The number of carbonyl (C=O) groups excluding carboxylic acids is 1. The van der Waals surface area contributed by atoms with Gasteiger partial charge in [-0.15, -0.1) is 0 Å². The molecule has 1 amide bonds. The Hall–Kier alpha value is -2.01. The molecule has 1 aromatic heterocycles. The minimum atomic E-state index is -0.326. The van der Waals surface area contributed by atoms with Crippen molar-refractivity contribution in [2.75, 3.05) is 5.32 Å². The highest BCUT2D eigenvalue weighted by atomic mass is 35.5. The lowest BCUT2D eigenvalue weighted by atomic mass is 10.2. The van der Waals surface area contributed by atoms with Crippen LogP contribution in [0.1, 0.15) is 21.8 Å². The van der Waals surface area contributed by atoms with Gasteiger partial charge in [0.1, 0.15) is 17.1 Å². The fourth-order valence-corrected chi connectivity index (χ4v) is 1.77. The number of phenols is 1. The van der Waals surface area contributed by atoms with E-state index >= 15 is 0 Å². The van der Waals surface area contributed by atoms with Crippen LogP contribution in [0.3, 0.4) is 0 Å². The average Bonchev–Trinajstić information content (AvgIpc) is 2.64. The van der Waals surface area contributed by atoms with Crippen molar-refractivity contribution in [2.24, 2.45) is 0 Å². The molecule has 1 aromatic carbocycles. The first-order chi connectivity index (χ1) is 8.49. The number of aromatic hydroxyl groups is 1. The van der Waals surface area contributed by atoms with Crippen molar-refractivity contribution in [1.29, 1.82) is 0 Å². The number of amides is 1. The van der Waals surface area contributed by atoms with E-state index in [1.165, 1.54) is 12.1 Å². The zero-order chi connectivity index (χ0) is 13.3. The summed E-state index contributed by atoms with van der Waals surface area (Å²) in [6.45, 7) is 3.36. The van der Waals surface area contributed by atoms with Crippen LogP contribution in [0.4, 0.5) is 5.69 Å². The van der Waals surface area contributed by atoms with Crippen molar-refractivity contribution < 1.29 is 14.4 Å². The van der Waals surface area contributed by atoms with E-state index in [9.17, 15) is 9.90 Å². The first kappa shape index (κ1) is 12.4. The third kappa shape index (κ3) is 2.31. The molecule has 0 spiro atoms. The fraction of sp³-hybridized carbons (Fsp3) is 0.167. The number of nitrogens with zero attached hydrogens (tertiary/aromatic N) is 1. The van der Waals surface area contributed by atoms with Crippen molar-refractivity contribution >= 4 is 23.2 Å². The van der Waals surface area contributed by atoms with E-state index < -0.39 is 0 Å². The summed E-state index contributed by atoms with van der Waals surface area (Å²) in [5.74, 6) is 0.0925. The lowest BCUT2D eigenvalue weighted by Gasteiger charge is -2.05. The first-order valence-electron chi connectivity index (χ1n) is 5.22. The third-order valence-corrected chi connectivity index (χ3v) is 2.77. The van der Waals surface area contributed by atoms with Gasteiger partial charge >= 0.3 is 0 Å². The van der Waals surface area contributed by atoms with Crippen molar-refractivity contribution in [2.45, 2.75) is 13.8 Å². The van der Waals surface area contributed by atoms with Crippen LogP contribution in [-0.2, 0) is 0 Å². The van der Waals surface area contributed by atoms with Crippen LogP contribution in [-0.4, -0.2) is 16.2 Å². The Morgan fingerprint density at radius 3 is 2.72 bits per heavy atom. The maximum atomic E-state index is 12.0. The zero-order valence-electron chi connectivity index (χ0n) is 9.82. The summed E-state index contributed by atoms with van der Waals surface area (Å²) in [6.07, 6.45) is 0.